The smallest absolute Gasteiger partial charge is 0.291 e. The van der Waals surface area contributed by atoms with Gasteiger partial charge in [-0.3, -0.25) is 4.79 Å². The lowest BCUT2D eigenvalue weighted by Gasteiger charge is -2.23. The third-order valence-corrected chi connectivity index (χ3v) is 6.19. The summed E-state index contributed by atoms with van der Waals surface area (Å²) in [5, 5.41) is 16.2. The molecule has 0 saturated carbocycles. The summed E-state index contributed by atoms with van der Waals surface area (Å²) in [5.41, 5.74) is 1.94. The average molecular weight is 475 g/mol. The highest BCUT2D eigenvalue weighted by Gasteiger charge is 2.29. The van der Waals surface area contributed by atoms with Crippen LogP contribution < -0.4 is 15.0 Å². The van der Waals surface area contributed by atoms with Crippen molar-refractivity contribution >= 4 is 28.8 Å². The second-order valence-electron chi connectivity index (χ2n) is 8.05. The van der Waals surface area contributed by atoms with Gasteiger partial charge in [0.1, 0.15) is 29.2 Å². The first-order valence-electron chi connectivity index (χ1n) is 11.2. The Labute approximate surface area is 204 Å². The van der Waals surface area contributed by atoms with E-state index >= 15 is 0 Å². The lowest BCUT2D eigenvalue weighted by Crippen LogP contribution is -2.48. The molecule has 1 N–H and O–H groups in total. The molecule has 34 heavy (non-hydrogen) atoms. The van der Waals surface area contributed by atoms with Crippen molar-refractivity contribution in [2.45, 2.75) is 38.3 Å². The van der Waals surface area contributed by atoms with Crippen molar-refractivity contribution in [2.24, 2.45) is 0 Å². The predicted octanol–water partition coefficient (Wildman–Crippen LogP) is 3.52. The van der Waals surface area contributed by atoms with Gasteiger partial charge in [0.2, 0.25) is 5.82 Å². The van der Waals surface area contributed by atoms with Crippen LogP contribution >= 0.6 is 12.2 Å². The molecule has 0 fully saturated rings. The van der Waals surface area contributed by atoms with Gasteiger partial charge in [0.25, 0.3) is 5.91 Å². The number of nitrogens with one attached hydrogen (secondary N) is 1. The van der Waals surface area contributed by atoms with Gasteiger partial charge in [-0.2, -0.15) is 5.26 Å². The van der Waals surface area contributed by atoms with Crippen molar-refractivity contribution in [3.63, 3.8) is 0 Å². The van der Waals surface area contributed by atoms with Crippen molar-refractivity contribution in [1.29, 1.82) is 5.26 Å². The number of ether oxygens (including phenoxy) is 1. The molecule has 2 heterocycles. The van der Waals surface area contributed by atoms with E-state index in [1.807, 2.05) is 66.5 Å². The molecule has 9 heteroatoms. The van der Waals surface area contributed by atoms with Gasteiger partial charge in [0.05, 0.1) is 11.8 Å². The number of rotatable bonds is 8. The molecule has 0 aliphatic carbocycles. The van der Waals surface area contributed by atoms with Crippen LogP contribution in [0.25, 0.3) is 0 Å². The van der Waals surface area contributed by atoms with Crippen molar-refractivity contribution in [3.05, 3.63) is 71.8 Å². The number of aromatic nitrogens is 3. The number of hydrogen-bond acceptors (Lipinski definition) is 6. The highest BCUT2D eigenvalue weighted by Crippen LogP contribution is 2.30. The molecule has 1 aliphatic heterocycles. The third kappa shape index (κ3) is 5.41. The van der Waals surface area contributed by atoms with Crippen LogP contribution in [0.4, 0.5) is 5.69 Å². The zero-order chi connectivity index (χ0) is 23.9. The van der Waals surface area contributed by atoms with Crippen LogP contribution in [0.15, 0.2) is 54.6 Å². The molecule has 1 amide bonds. The fraction of sp³-hybridized carbons (Fsp3) is 0.320. The second kappa shape index (κ2) is 10.9. The molecule has 4 rings (SSSR count). The van der Waals surface area contributed by atoms with E-state index in [4.69, 9.17) is 22.2 Å². The first-order chi connectivity index (χ1) is 16.6. The van der Waals surface area contributed by atoms with Gasteiger partial charge in [0.15, 0.2) is 0 Å². The maximum atomic E-state index is 13.1. The number of carbonyl (C=O) groups excluding carboxylic acids is 1. The first-order valence-corrected chi connectivity index (χ1v) is 11.6. The van der Waals surface area contributed by atoms with Crippen LogP contribution in [0.2, 0.25) is 0 Å². The number of likely N-dealkylation sites (N-methyl/N-ethyl adjacent to an activating group) is 1. The SMILES string of the molecule is CN1C(=S)[C@@H](NC(=O)c2nc(Cc3ccccc3)n(CCCCC#N)n2)COc2ccccc21. The molecule has 0 unspecified atom stereocenters. The van der Waals surface area contributed by atoms with Gasteiger partial charge in [-0.1, -0.05) is 54.7 Å². The van der Waals surface area contributed by atoms with Gasteiger partial charge in [-0.25, -0.2) is 9.67 Å². The molecular formula is C25H26N6O2S. The van der Waals surface area contributed by atoms with Gasteiger partial charge in [-0.15, -0.1) is 5.10 Å². The van der Waals surface area contributed by atoms with Crippen LogP contribution in [0.1, 0.15) is 41.3 Å². The molecule has 1 aromatic heterocycles. The zero-order valence-electron chi connectivity index (χ0n) is 19.0. The number of thiocarbonyl (C=S) groups is 1. The molecule has 8 nitrogen and oxygen atoms in total. The fourth-order valence-corrected chi connectivity index (χ4v) is 4.03. The summed E-state index contributed by atoms with van der Waals surface area (Å²) in [6.45, 7) is 0.810. The molecule has 0 saturated heterocycles. The monoisotopic (exact) mass is 474 g/mol. The summed E-state index contributed by atoms with van der Waals surface area (Å²) < 4.78 is 7.67. The highest BCUT2D eigenvalue weighted by atomic mass is 32.1. The highest BCUT2D eigenvalue weighted by molar-refractivity contribution is 7.80. The van der Waals surface area contributed by atoms with Gasteiger partial charge in [-0.05, 0) is 30.5 Å². The summed E-state index contributed by atoms with van der Waals surface area (Å²) in [6.07, 6.45) is 2.60. The fourth-order valence-electron chi connectivity index (χ4n) is 3.80. The number of aryl methyl sites for hydroxylation is 1. The summed E-state index contributed by atoms with van der Waals surface area (Å²) in [6, 6.07) is 19.2. The molecule has 3 aromatic rings. The number of fused-ring (bicyclic) bond motifs is 1. The number of benzene rings is 2. The molecule has 1 atom stereocenters. The minimum absolute atomic E-state index is 0.0958. The number of para-hydroxylation sites is 2. The summed E-state index contributed by atoms with van der Waals surface area (Å²) in [4.78, 5) is 20.1. The van der Waals surface area contributed by atoms with E-state index in [2.05, 4.69) is 21.5 Å². The van der Waals surface area contributed by atoms with E-state index in [1.165, 1.54) is 0 Å². The molecule has 0 bridgehead atoms. The molecule has 0 spiro atoms. The Morgan fingerprint density at radius 3 is 2.76 bits per heavy atom. The van der Waals surface area contributed by atoms with Crippen molar-refractivity contribution in [1.82, 2.24) is 20.1 Å². The van der Waals surface area contributed by atoms with Crippen molar-refractivity contribution < 1.29 is 9.53 Å². The van der Waals surface area contributed by atoms with Crippen LogP contribution in [0.5, 0.6) is 5.75 Å². The Morgan fingerprint density at radius 2 is 1.97 bits per heavy atom. The topological polar surface area (TPSA) is 96.1 Å². The van der Waals surface area contributed by atoms with Crippen molar-refractivity contribution in [2.75, 3.05) is 18.6 Å². The van der Waals surface area contributed by atoms with Gasteiger partial charge < -0.3 is 15.0 Å². The second-order valence-corrected chi connectivity index (χ2v) is 8.47. The minimum atomic E-state index is -0.500. The maximum absolute atomic E-state index is 13.1. The Hall–Kier alpha value is -3.77. The van der Waals surface area contributed by atoms with E-state index in [0.29, 0.717) is 35.9 Å². The largest absolute Gasteiger partial charge is 0.489 e. The van der Waals surface area contributed by atoms with E-state index in [1.54, 1.807) is 4.68 Å². The maximum Gasteiger partial charge on any atom is 0.291 e. The third-order valence-electron chi connectivity index (χ3n) is 5.63. The predicted molar refractivity (Wildman–Crippen MR) is 133 cm³/mol. The van der Waals surface area contributed by atoms with Crippen LogP contribution in [-0.2, 0) is 13.0 Å². The summed E-state index contributed by atoms with van der Waals surface area (Å²) in [5.74, 6) is 1.12. The van der Waals surface area contributed by atoms with Gasteiger partial charge >= 0.3 is 0 Å². The van der Waals surface area contributed by atoms with Crippen LogP contribution in [-0.4, -0.2) is 45.4 Å². The van der Waals surface area contributed by atoms with Crippen LogP contribution in [0.3, 0.4) is 0 Å². The average Bonchev–Trinajstić information content (AvgIpc) is 3.21. The van der Waals surface area contributed by atoms with E-state index < -0.39 is 11.9 Å². The Bertz CT molecular complexity index is 1200. The lowest BCUT2D eigenvalue weighted by molar-refractivity contribution is 0.0927. The zero-order valence-corrected chi connectivity index (χ0v) is 19.8. The van der Waals surface area contributed by atoms with E-state index in [9.17, 15) is 4.79 Å². The van der Waals surface area contributed by atoms with Crippen LogP contribution in [0, 0.1) is 11.3 Å². The molecule has 1 aliphatic rings. The number of nitriles is 1. The quantitative estimate of drug-likeness (QED) is 0.394. The van der Waals surface area contributed by atoms with Gasteiger partial charge in [0, 0.05) is 26.4 Å². The molecule has 0 radical (unpaired) electrons. The Kier molecular flexibility index (Phi) is 7.50. The van der Waals surface area contributed by atoms with E-state index in [0.717, 1.165) is 24.1 Å². The summed E-state index contributed by atoms with van der Waals surface area (Å²) in [7, 11) is 1.86. The normalized spacial score (nSPS) is 15.1. The van der Waals surface area contributed by atoms with Crippen molar-refractivity contribution in [3.8, 4) is 11.8 Å². The Balaban J connectivity index is 1.50. The standard InChI is InChI=1S/C25H26N6O2S/c1-30-20-12-6-7-13-21(20)33-17-19(25(30)34)27-24(32)23-28-22(16-18-10-4-2-5-11-18)31(29-23)15-9-3-8-14-26/h2,4-7,10-13,19H,3,8-9,15-17H2,1H3,(H,27,32)/t19-/m0/s1. The summed E-state index contributed by atoms with van der Waals surface area (Å²) >= 11 is 5.64. The Morgan fingerprint density at radius 1 is 1.21 bits per heavy atom. The number of carbonyl (C=O) groups is 1. The first kappa shape index (κ1) is 23.4. The van der Waals surface area contributed by atoms with E-state index in [-0.39, 0.29) is 12.4 Å². The number of unbranched alkanes of at least 4 members (excludes halogenated alkanes) is 2. The number of nitrogens with zero attached hydrogens (tertiary/aromatic N) is 5. The number of anilines is 1. The molecular weight excluding hydrogens is 448 g/mol. The minimum Gasteiger partial charge on any atom is -0.489 e. The lowest BCUT2D eigenvalue weighted by atomic mass is 10.1. The number of hydrogen-bond donors (Lipinski definition) is 1. The molecule has 174 valence electrons. The number of amides is 1. The molecule has 2 aromatic carbocycles.